The highest BCUT2D eigenvalue weighted by atomic mass is 79.9. The van der Waals surface area contributed by atoms with E-state index in [1.54, 1.807) is 0 Å². The summed E-state index contributed by atoms with van der Waals surface area (Å²) in [5, 5.41) is 0. The van der Waals surface area contributed by atoms with Crippen LogP contribution in [0.3, 0.4) is 0 Å². The Hall–Kier alpha value is -0.720. The number of nitrogens with two attached hydrogens (primary N) is 1. The maximum atomic E-state index is 5.97. The van der Waals surface area contributed by atoms with Crippen molar-refractivity contribution >= 4 is 21.9 Å². The number of piperidine rings is 1. The van der Waals surface area contributed by atoms with Crippen LogP contribution in [0.15, 0.2) is 16.9 Å². The molecule has 0 amide bonds. The van der Waals surface area contributed by atoms with Gasteiger partial charge in [0.25, 0.3) is 0 Å². The van der Waals surface area contributed by atoms with Gasteiger partial charge < -0.3 is 10.6 Å². The second-order valence-electron chi connectivity index (χ2n) is 5.46. The van der Waals surface area contributed by atoms with Gasteiger partial charge in [0, 0.05) is 37.6 Å². The van der Waals surface area contributed by atoms with Gasteiger partial charge in [-0.1, -0.05) is 0 Å². The van der Waals surface area contributed by atoms with Crippen molar-refractivity contribution < 1.29 is 0 Å². The van der Waals surface area contributed by atoms with E-state index in [4.69, 9.17) is 5.73 Å². The van der Waals surface area contributed by atoms with Crippen LogP contribution in [-0.4, -0.2) is 53.1 Å². The highest BCUT2D eigenvalue weighted by Crippen LogP contribution is 2.22. The largest absolute Gasteiger partial charge is 0.339 e. The maximum absolute atomic E-state index is 5.97. The standard InChI is InChI=1S/C13H20BrN5/c14-10-7-16-13(17-8-10)19-6-3-12(9-19)18-4-1-11(15)2-5-18/h7-8,11-12H,1-6,9,15H2. The molecule has 2 saturated heterocycles. The van der Waals surface area contributed by atoms with Crippen LogP contribution in [0, 0.1) is 0 Å². The van der Waals surface area contributed by atoms with Crippen molar-refractivity contribution in [1.29, 1.82) is 0 Å². The molecule has 0 bridgehead atoms. The first-order valence-corrected chi connectivity index (χ1v) is 7.74. The highest BCUT2D eigenvalue weighted by Gasteiger charge is 2.30. The zero-order valence-corrected chi connectivity index (χ0v) is 12.6. The quantitative estimate of drug-likeness (QED) is 0.886. The van der Waals surface area contributed by atoms with Crippen LogP contribution in [0.1, 0.15) is 19.3 Å². The Bertz CT molecular complexity index is 416. The fraction of sp³-hybridized carbons (Fsp3) is 0.692. The number of likely N-dealkylation sites (tertiary alicyclic amines) is 1. The Kier molecular flexibility index (Phi) is 4.00. The maximum Gasteiger partial charge on any atom is 0.225 e. The number of aromatic nitrogens is 2. The van der Waals surface area contributed by atoms with E-state index in [0.29, 0.717) is 12.1 Å². The highest BCUT2D eigenvalue weighted by molar-refractivity contribution is 9.10. The molecule has 1 aromatic heterocycles. The Morgan fingerprint density at radius 2 is 1.79 bits per heavy atom. The first kappa shape index (κ1) is 13.3. The SMILES string of the molecule is NC1CCN(C2CCN(c3ncc(Br)cn3)C2)CC1. The number of anilines is 1. The zero-order chi connectivity index (χ0) is 13.2. The predicted octanol–water partition coefficient (Wildman–Crippen LogP) is 1.24. The minimum Gasteiger partial charge on any atom is -0.339 e. The van der Waals surface area contributed by atoms with Gasteiger partial charge in [-0.3, -0.25) is 4.90 Å². The van der Waals surface area contributed by atoms with Crippen LogP contribution in [-0.2, 0) is 0 Å². The molecule has 0 saturated carbocycles. The molecule has 1 unspecified atom stereocenters. The third-order valence-electron chi connectivity index (χ3n) is 4.14. The monoisotopic (exact) mass is 325 g/mol. The molecule has 0 spiro atoms. The van der Waals surface area contributed by atoms with Crippen LogP contribution in [0.4, 0.5) is 5.95 Å². The van der Waals surface area contributed by atoms with E-state index >= 15 is 0 Å². The van der Waals surface area contributed by atoms with Gasteiger partial charge in [-0.2, -0.15) is 0 Å². The van der Waals surface area contributed by atoms with E-state index in [1.165, 1.54) is 6.42 Å². The number of rotatable bonds is 2. The first-order chi connectivity index (χ1) is 9.22. The summed E-state index contributed by atoms with van der Waals surface area (Å²) in [5.41, 5.74) is 5.97. The van der Waals surface area contributed by atoms with Crippen molar-refractivity contribution in [2.45, 2.75) is 31.3 Å². The number of nitrogens with zero attached hydrogens (tertiary/aromatic N) is 4. The molecule has 3 rings (SSSR count). The number of halogens is 1. The molecule has 2 aliphatic rings. The summed E-state index contributed by atoms with van der Waals surface area (Å²) in [4.78, 5) is 13.6. The van der Waals surface area contributed by atoms with Gasteiger partial charge in [-0.15, -0.1) is 0 Å². The Balaban J connectivity index is 1.59. The molecule has 1 aromatic rings. The summed E-state index contributed by atoms with van der Waals surface area (Å²) in [6, 6.07) is 1.04. The topological polar surface area (TPSA) is 58.3 Å². The van der Waals surface area contributed by atoms with Gasteiger partial charge in [0.1, 0.15) is 0 Å². The van der Waals surface area contributed by atoms with Crippen molar-refractivity contribution in [3.63, 3.8) is 0 Å². The van der Waals surface area contributed by atoms with Crippen molar-refractivity contribution in [2.24, 2.45) is 5.73 Å². The first-order valence-electron chi connectivity index (χ1n) is 6.94. The molecule has 0 radical (unpaired) electrons. The summed E-state index contributed by atoms with van der Waals surface area (Å²) in [7, 11) is 0. The van der Waals surface area contributed by atoms with Gasteiger partial charge in [0.15, 0.2) is 0 Å². The zero-order valence-electron chi connectivity index (χ0n) is 11.0. The van der Waals surface area contributed by atoms with Crippen LogP contribution in [0.2, 0.25) is 0 Å². The van der Waals surface area contributed by atoms with Crippen molar-refractivity contribution in [2.75, 3.05) is 31.1 Å². The van der Waals surface area contributed by atoms with E-state index in [9.17, 15) is 0 Å². The van der Waals surface area contributed by atoms with Gasteiger partial charge in [-0.05, 0) is 48.3 Å². The molecule has 104 valence electrons. The van der Waals surface area contributed by atoms with Crippen molar-refractivity contribution in [3.05, 3.63) is 16.9 Å². The van der Waals surface area contributed by atoms with Gasteiger partial charge >= 0.3 is 0 Å². The lowest BCUT2D eigenvalue weighted by Crippen LogP contribution is -2.46. The van der Waals surface area contributed by atoms with Crippen LogP contribution in [0.25, 0.3) is 0 Å². The molecular formula is C13H20BrN5. The van der Waals surface area contributed by atoms with E-state index in [0.717, 1.165) is 49.4 Å². The fourth-order valence-corrected chi connectivity index (χ4v) is 3.18. The Morgan fingerprint density at radius 1 is 1.11 bits per heavy atom. The second kappa shape index (κ2) is 5.73. The lowest BCUT2D eigenvalue weighted by atomic mass is 10.0. The number of hydrogen-bond acceptors (Lipinski definition) is 5. The molecule has 1 atom stereocenters. The average Bonchev–Trinajstić information content (AvgIpc) is 2.90. The average molecular weight is 326 g/mol. The minimum absolute atomic E-state index is 0.406. The second-order valence-corrected chi connectivity index (χ2v) is 6.38. The minimum atomic E-state index is 0.406. The number of hydrogen-bond donors (Lipinski definition) is 1. The fourth-order valence-electron chi connectivity index (χ4n) is 2.97. The summed E-state index contributed by atoms with van der Waals surface area (Å²) in [6.45, 7) is 4.37. The molecular weight excluding hydrogens is 306 g/mol. The van der Waals surface area contributed by atoms with E-state index < -0.39 is 0 Å². The summed E-state index contributed by atoms with van der Waals surface area (Å²) in [5.74, 6) is 0.847. The van der Waals surface area contributed by atoms with E-state index in [1.807, 2.05) is 12.4 Å². The summed E-state index contributed by atoms with van der Waals surface area (Å²) in [6.07, 6.45) is 7.09. The third-order valence-corrected chi connectivity index (χ3v) is 4.55. The molecule has 19 heavy (non-hydrogen) atoms. The van der Waals surface area contributed by atoms with Crippen LogP contribution < -0.4 is 10.6 Å². The van der Waals surface area contributed by atoms with Gasteiger partial charge in [0.2, 0.25) is 5.95 Å². The smallest absolute Gasteiger partial charge is 0.225 e. The van der Waals surface area contributed by atoms with Crippen LogP contribution >= 0.6 is 15.9 Å². The molecule has 0 aromatic carbocycles. The lowest BCUT2D eigenvalue weighted by Gasteiger charge is -2.34. The molecule has 3 heterocycles. The molecule has 0 aliphatic carbocycles. The molecule has 2 aliphatic heterocycles. The van der Waals surface area contributed by atoms with Crippen molar-refractivity contribution in [3.8, 4) is 0 Å². The third kappa shape index (κ3) is 3.07. The Morgan fingerprint density at radius 3 is 2.47 bits per heavy atom. The lowest BCUT2D eigenvalue weighted by molar-refractivity contribution is 0.163. The molecule has 2 N–H and O–H groups in total. The van der Waals surface area contributed by atoms with Gasteiger partial charge in [0.05, 0.1) is 4.47 Å². The van der Waals surface area contributed by atoms with Gasteiger partial charge in [-0.25, -0.2) is 9.97 Å². The summed E-state index contributed by atoms with van der Waals surface area (Å²) < 4.78 is 0.928. The van der Waals surface area contributed by atoms with E-state index in [-0.39, 0.29) is 0 Å². The van der Waals surface area contributed by atoms with Crippen molar-refractivity contribution in [1.82, 2.24) is 14.9 Å². The Labute approximate surface area is 122 Å². The summed E-state index contributed by atoms with van der Waals surface area (Å²) >= 11 is 3.37. The normalized spacial score (nSPS) is 26.0. The molecule has 6 heteroatoms. The molecule has 5 nitrogen and oxygen atoms in total. The predicted molar refractivity (Wildman–Crippen MR) is 79.1 cm³/mol. The van der Waals surface area contributed by atoms with Crippen LogP contribution in [0.5, 0.6) is 0 Å². The van der Waals surface area contributed by atoms with E-state index in [2.05, 4.69) is 35.7 Å². The molecule has 2 fully saturated rings.